The Balaban J connectivity index is 1.72. The van der Waals surface area contributed by atoms with Gasteiger partial charge in [-0.2, -0.15) is 5.06 Å². The van der Waals surface area contributed by atoms with Crippen molar-refractivity contribution in [3.05, 3.63) is 0 Å². The Hall–Kier alpha value is -0.240. The van der Waals surface area contributed by atoms with Crippen LogP contribution < -0.4 is 5.32 Å². The molecule has 3 aliphatic heterocycles. The topological polar surface area (TPSA) is 63.2 Å². The zero-order chi connectivity index (χ0) is 20.3. The van der Waals surface area contributed by atoms with Crippen molar-refractivity contribution < 1.29 is 19.4 Å². The van der Waals surface area contributed by atoms with E-state index < -0.39 is 0 Å². The minimum atomic E-state index is -0.173. The normalized spacial score (nSPS) is 29.2. The lowest BCUT2D eigenvalue weighted by Crippen LogP contribution is -2.69. The molecule has 3 heterocycles. The van der Waals surface area contributed by atoms with Crippen molar-refractivity contribution in [1.82, 2.24) is 10.4 Å². The highest BCUT2D eigenvalue weighted by molar-refractivity contribution is 5.08. The molecule has 3 rings (SSSR count). The first-order valence-electron chi connectivity index (χ1n) is 11.4. The zero-order valence-electron chi connectivity index (χ0n) is 18.5. The van der Waals surface area contributed by atoms with Gasteiger partial charge in [-0.15, -0.1) is 0 Å². The molecular formula is C22H42N2O4. The number of hydrogen-bond donors (Lipinski definition) is 2. The monoisotopic (exact) mass is 398 g/mol. The summed E-state index contributed by atoms with van der Waals surface area (Å²) in [7, 11) is 0. The molecule has 0 saturated carbocycles. The summed E-state index contributed by atoms with van der Waals surface area (Å²) in [6.45, 7) is 12.4. The summed E-state index contributed by atoms with van der Waals surface area (Å²) in [6.07, 6.45) is 7.62. The molecule has 164 valence electrons. The SMILES string of the molecule is CCC(COC(C)(C)CC)NC1CC2(CCOCC2)N(O)C2(CCOCC2)C1. The van der Waals surface area contributed by atoms with Gasteiger partial charge in [0.25, 0.3) is 0 Å². The number of nitrogens with one attached hydrogen (secondary N) is 1. The highest BCUT2D eigenvalue weighted by Gasteiger charge is 2.55. The van der Waals surface area contributed by atoms with E-state index in [-0.39, 0.29) is 16.7 Å². The van der Waals surface area contributed by atoms with Gasteiger partial charge >= 0.3 is 0 Å². The van der Waals surface area contributed by atoms with Crippen LogP contribution in [-0.2, 0) is 14.2 Å². The van der Waals surface area contributed by atoms with Crippen LogP contribution in [-0.4, -0.2) is 72.1 Å². The van der Waals surface area contributed by atoms with Gasteiger partial charge in [0, 0.05) is 38.5 Å². The molecule has 6 heteroatoms. The summed E-state index contributed by atoms with van der Waals surface area (Å²) >= 11 is 0. The van der Waals surface area contributed by atoms with Crippen LogP contribution in [0.4, 0.5) is 0 Å². The molecule has 0 aliphatic carbocycles. The van der Waals surface area contributed by atoms with Crippen molar-refractivity contribution in [2.45, 2.75) is 108 Å². The standard InChI is InChI=1S/C22H42N2O4/c1-5-18(17-28-20(3,4)6-2)23-19-15-21(7-11-26-12-8-21)24(25)22(16-19)9-13-27-14-10-22/h18-19,23,25H,5-17H2,1-4H3. The molecule has 6 nitrogen and oxygen atoms in total. The molecule has 0 radical (unpaired) electrons. The minimum Gasteiger partial charge on any atom is -0.381 e. The van der Waals surface area contributed by atoms with E-state index in [4.69, 9.17) is 14.2 Å². The summed E-state index contributed by atoms with van der Waals surface area (Å²) in [5.74, 6) is 0. The molecule has 28 heavy (non-hydrogen) atoms. The molecule has 3 saturated heterocycles. The van der Waals surface area contributed by atoms with Gasteiger partial charge in [0.05, 0.1) is 23.3 Å². The summed E-state index contributed by atoms with van der Waals surface area (Å²) in [5, 5.41) is 17.1. The summed E-state index contributed by atoms with van der Waals surface area (Å²) in [6, 6.07) is 0.729. The summed E-state index contributed by atoms with van der Waals surface area (Å²) in [5.41, 5.74) is -0.423. The predicted molar refractivity (Wildman–Crippen MR) is 110 cm³/mol. The quantitative estimate of drug-likeness (QED) is 0.684. The summed E-state index contributed by atoms with van der Waals surface area (Å²) < 4.78 is 17.5. The van der Waals surface area contributed by atoms with Crippen LogP contribution in [0.3, 0.4) is 0 Å². The Bertz CT molecular complexity index is 459. The van der Waals surface area contributed by atoms with Gasteiger partial charge in [0.15, 0.2) is 0 Å². The van der Waals surface area contributed by atoms with Crippen molar-refractivity contribution in [3.8, 4) is 0 Å². The molecular weight excluding hydrogens is 356 g/mol. The second kappa shape index (κ2) is 9.27. The van der Waals surface area contributed by atoms with E-state index in [0.717, 1.165) is 84.4 Å². The number of ether oxygens (including phenoxy) is 3. The van der Waals surface area contributed by atoms with Crippen LogP contribution in [0.25, 0.3) is 0 Å². The third-order valence-corrected chi connectivity index (χ3v) is 7.49. The molecule has 1 unspecified atom stereocenters. The van der Waals surface area contributed by atoms with Crippen LogP contribution in [0.15, 0.2) is 0 Å². The average Bonchev–Trinajstić information content (AvgIpc) is 2.71. The molecule has 0 aromatic carbocycles. The molecule has 2 N–H and O–H groups in total. The number of nitrogens with zero attached hydrogens (tertiary/aromatic N) is 1. The Morgan fingerprint density at radius 3 is 1.96 bits per heavy atom. The Morgan fingerprint density at radius 2 is 1.54 bits per heavy atom. The van der Waals surface area contributed by atoms with Crippen LogP contribution in [0.1, 0.15) is 79.1 Å². The molecule has 3 aliphatic rings. The Kier molecular flexibility index (Phi) is 7.43. The second-order valence-electron chi connectivity index (χ2n) is 9.79. The van der Waals surface area contributed by atoms with Crippen molar-refractivity contribution in [2.75, 3.05) is 33.0 Å². The van der Waals surface area contributed by atoms with E-state index in [1.807, 2.05) is 0 Å². The van der Waals surface area contributed by atoms with Gasteiger partial charge in [-0.25, -0.2) is 0 Å². The Morgan fingerprint density at radius 1 is 1.04 bits per heavy atom. The first kappa shape index (κ1) is 22.4. The zero-order valence-corrected chi connectivity index (χ0v) is 18.5. The van der Waals surface area contributed by atoms with E-state index in [1.54, 1.807) is 5.06 Å². The van der Waals surface area contributed by atoms with Gasteiger partial charge in [0.1, 0.15) is 0 Å². The first-order valence-corrected chi connectivity index (χ1v) is 11.4. The number of piperidine rings is 1. The third-order valence-electron chi connectivity index (χ3n) is 7.49. The maximum atomic E-state index is 11.4. The summed E-state index contributed by atoms with van der Waals surface area (Å²) in [4.78, 5) is 0. The van der Waals surface area contributed by atoms with Crippen molar-refractivity contribution in [1.29, 1.82) is 0 Å². The third kappa shape index (κ3) is 4.90. The van der Waals surface area contributed by atoms with E-state index in [1.165, 1.54) is 0 Å². The fraction of sp³-hybridized carbons (Fsp3) is 1.00. The van der Waals surface area contributed by atoms with Crippen LogP contribution in [0, 0.1) is 0 Å². The van der Waals surface area contributed by atoms with E-state index in [2.05, 4.69) is 33.0 Å². The lowest BCUT2D eigenvalue weighted by atomic mass is 9.69. The fourth-order valence-electron chi connectivity index (χ4n) is 5.16. The van der Waals surface area contributed by atoms with E-state index >= 15 is 0 Å². The fourth-order valence-corrected chi connectivity index (χ4v) is 5.16. The molecule has 2 spiro atoms. The number of hydroxylamine groups is 2. The first-order chi connectivity index (χ1) is 13.3. The van der Waals surface area contributed by atoms with Crippen molar-refractivity contribution in [2.24, 2.45) is 0 Å². The highest BCUT2D eigenvalue weighted by atomic mass is 16.5. The molecule has 1 atom stereocenters. The lowest BCUT2D eigenvalue weighted by molar-refractivity contribution is -0.295. The van der Waals surface area contributed by atoms with E-state index in [0.29, 0.717) is 12.1 Å². The molecule has 0 aromatic heterocycles. The van der Waals surface area contributed by atoms with Gasteiger partial charge in [-0.05, 0) is 65.2 Å². The van der Waals surface area contributed by atoms with Crippen molar-refractivity contribution >= 4 is 0 Å². The second-order valence-corrected chi connectivity index (χ2v) is 9.79. The Labute approximate surface area is 171 Å². The van der Waals surface area contributed by atoms with Crippen molar-refractivity contribution in [3.63, 3.8) is 0 Å². The van der Waals surface area contributed by atoms with Gasteiger partial charge in [-0.1, -0.05) is 13.8 Å². The smallest absolute Gasteiger partial charge is 0.0626 e. The molecule has 0 aromatic rings. The predicted octanol–water partition coefficient (Wildman–Crippen LogP) is 3.51. The van der Waals surface area contributed by atoms with Crippen LogP contribution in [0.5, 0.6) is 0 Å². The van der Waals surface area contributed by atoms with Crippen LogP contribution >= 0.6 is 0 Å². The minimum absolute atomic E-state index is 0.0760. The molecule has 3 fully saturated rings. The average molecular weight is 399 g/mol. The van der Waals surface area contributed by atoms with Crippen LogP contribution in [0.2, 0.25) is 0 Å². The van der Waals surface area contributed by atoms with Gasteiger partial charge in [-0.3, -0.25) is 0 Å². The van der Waals surface area contributed by atoms with Gasteiger partial charge in [0.2, 0.25) is 0 Å². The molecule has 0 bridgehead atoms. The van der Waals surface area contributed by atoms with E-state index in [9.17, 15) is 5.21 Å². The maximum absolute atomic E-state index is 11.4. The number of rotatable bonds is 7. The lowest BCUT2D eigenvalue weighted by Gasteiger charge is -2.59. The largest absolute Gasteiger partial charge is 0.381 e. The highest BCUT2D eigenvalue weighted by Crippen LogP contribution is 2.47. The number of hydrogen-bond acceptors (Lipinski definition) is 6. The van der Waals surface area contributed by atoms with Gasteiger partial charge < -0.3 is 24.7 Å². The molecule has 0 amide bonds. The maximum Gasteiger partial charge on any atom is 0.0626 e.